The van der Waals surface area contributed by atoms with Crippen molar-refractivity contribution in [1.29, 1.82) is 0 Å². The standard InChI is InChI=1S/C22H27N3O3S/c26-22(24-15-13-23-14-16-24)19-11-12-21(18-7-3-1-4-8-18)25(17-19)29(27,28)20-9-5-2-6-10-20/h1-10,19,21,23H,11-17H2. The number of nitrogens with zero attached hydrogens (tertiary/aromatic N) is 2. The molecule has 2 fully saturated rings. The fourth-order valence-electron chi connectivity index (χ4n) is 4.29. The molecule has 0 aromatic heterocycles. The van der Waals surface area contributed by atoms with E-state index in [-0.39, 0.29) is 29.3 Å². The lowest BCUT2D eigenvalue weighted by Gasteiger charge is -2.40. The largest absolute Gasteiger partial charge is 0.340 e. The first kappa shape index (κ1) is 20.1. The molecule has 154 valence electrons. The zero-order valence-electron chi connectivity index (χ0n) is 16.4. The minimum Gasteiger partial charge on any atom is -0.340 e. The van der Waals surface area contributed by atoms with Crippen LogP contribution >= 0.6 is 0 Å². The zero-order chi connectivity index (χ0) is 20.3. The minimum absolute atomic E-state index is 0.0753. The SMILES string of the molecule is O=C(C1CCC(c2ccccc2)N(S(=O)(=O)c2ccccc2)C1)N1CCNCC1. The van der Waals surface area contributed by atoms with Crippen LogP contribution in [0.1, 0.15) is 24.4 Å². The molecule has 6 nitrogen and oxygen atoms in total. The molecule has 1 N–H and O–H groups in total. The summed E-state index contributed by atoms with van der Waals surface area (Å²) >= 11 is 0. The normalized spacial score (nSPS) is 23.7. The molecule has 1 amide bonds. The Hall–Kier alpha value is -2.22. The van der Waals surface area contributed by atoms with Gasteiger partial charge in [-0.3, -0.25) is 4.79 Å². The number of rotatable bonds is 4. The number of nitrogens with one attached hydrogen (secondary N) is 1. The Kier molecular flexibility index (Phi) is 5.99. The number of piperazine rings is 1. The van der Waals surface area contributed by atoms with Gasteiger partial charge in [0.05, 0.1) is 16.9 Å². The third-order valence-electron chi connectivity index (χ3n) is 5.85. The maximum Gasteiger partial charge on any atom is 0.243 e. The quantitative estimate of drug-likeness (QED) is 0.835. The highest BCUT2D eigenvalue weighted by molar-refractivity contribution is 7.89. The van der Waals surface area contributed by atoms with Gasteiger partial charge < -0.3 is 10.2 Å². The number of amides is 1. The van der Waals surface area contributed by atoms with E-state index in [4.69, 9.17) is 0 Å². The molecule has 4 rings (SSSR count). The van der Waals surface area contributed by atoms with Gasteiger partial charge in [-0.1, -0.05) is 48.5 Å². The Morgan fingerprint density at radius 3 is 2.17 bits per heavy atom. The summed E-state index contributed by atoms with van der Waals surface area (Å²) in [6.07, 6.45) is 1.34. The average molecular weight is 414 g/mol. The van der Waals surface area contributed by atoms with E-state index in [1.807, 2.05) is 35.2 Å². The van der Waals surface area contributed by atoms with Crippen molar-refractivity contribution in [3.63, 3.8) is 0 Å². The average Bonchev–Trinajstić information content (AvgIpc) is 2.80. The number of hydrogen-bond donors (Lipinski definition) is 1. The lowest BCUT2D eigenvalue weighted by molar-refractivity contribution is -0.137. The van der Waals surface area contributed by atoms with Crippen molar-refractivity contribution >= 4 is 15.9 Å². The van der Waals surface area contributed by atoms with Gasteiger partial charge in [0.2, 0.25) is 15.9 Å². The summed E-state index contributed by atoms with van der Waals surface area (Å²) < 4.78 is 28.6. The molecule has 0 aliphatic carbocycles. The predicted molar refractivity (Wildman–Crippen MR) is 112 cm³/mol. The summed E-state index contributed by atoms with van der Waals surface area (Å²) in [7, 11) is -3.71. The van der Waals surface area contributed by atoms with Crippen molar-refractivity contribution in [3.05, 3.63) is 66.2 Å². The van der Waals surface area contributed by atoms with Crippen molar-refractivity contribution in [2.75, 3.05) is 32.7 Å². The van der Waals surface area contributed by atoms with Crippen LogP contribution < -0.4 is 5.32 Å². The number of piperidine rings is 1. The highest BCUT2D eigenvalue weighted by Crippen LogP contribution is 2.38. The van der Waals surface area contributed by atoms with Gasteiger partial charge in [-0.15, -0.1) is 0 Å². The molecule has 0 saturated carbocycles. The maximum absolute atomic E-state index is 13.5. The number of carbonyl (C=O) groups is 1. The highest BCUT2D eigenvalue weighted by Gasteiger charge is 2.41. The van der Waals surface area contributed by atoms with E-state index in [9.17, 15) is 13.2 Å². The molecule has 2 atom stereocenters. The van der Waals surface area contributed by atoms with Gasteiger partial charge in [-0.2, -0.15) is 4.31 Å². The van der Waals surface area contributed by atoms with Gasteiger partial charge in [-0.25, -0.2) is 8.42 Å². The molecular formula is C22H27N3O3S. The van der Waals surface area contributed by atoms with Crippen LogP contribution in [-0.4, -0.2) is 56.3 Å². The molecule has 0 spiro atoms. The van der Waals surface area contributed by atoms with Crippen LogP contribution in [0.4, 0.5) is 0 Å². The highest BCUT2D eigenvalue weighted by atomic mass is 32.2. The van der Waals surface area contributed by atoms with E-state index in [1.54, 1.807) is 34.6 Å². The van der Waals surface area contributed by atoms with Crippen molar-refractivity contribution in [2.24, 2.45) is 5.92 Å². The monoisotopic (exact) mass is 413 g/mol. The van der Waals surface area contributed by atoms with Gasteiger partial charge in [0, 0.05) is 32.7 Å². The molecule has 2 saturated heterocycles. The molecule has 7 heteroatoms. The molecule has 2 aromatic carbocycles. The van der Waals surface area contributed by atoms with Crippen molar-refractivity contribution in [3.8, 4) is 0 Å². The molecule has 2 heterocycles. The van der Waals surface area contributed by atoms with Gasteiger partial charge in [0.15, 0.2) is 0 Å². The van der Waals surface area contributed by atoms with Gasteiger partial charge in [-0.05, 0) is 30.5 Å². The number of sulfonamides is 1. The van der Waals surface area contributed by atoms with E-state index < -0.39 is 10.0 Å². The molecular weight excluding hydrogens is 386 g/mol. The third kappa shape index (κ3) is 4.22. The van der Waals surface area contributed by atoms with E-state index >= 15 is 0 Å². The van der Waals surface area contributed by atoms with Gasteiger partial charge in [0.25, 0.3) is 0 Å². The summed E-state index contributed by atoms with van der Waals surface area (Å²) in [5, 5.41) is 3.26. The number of hydrogen-bond acceptors (Lipinski definition) is 4. The second-order valence-corrected chi connectivity index (χ2v) is 9.55. The second kappa shape index (κ2) is 8.65. The Morgan fingerprint density at radius 1 is 0.897 bits per heavy atom. The Morgan fingerprint density at radius 2 is 1.52 bits per heavy atom. The number of benzene rings is 2. The molecule has 29 heavy (non-hydrogen) atoms. The fourth-order valence-corrected chi connectivity index (χ4v) is 6.00. The van der Waals surface area contributed by atoms with Crippen LogP contribution in [0.5, 0.6) is 0 Å². The van der Waals surface area contributed by atoms with Crippen LogP contribution in [0.3, 0.4) is 0 Å². The zero-order valence-corrected chi connectivity index (χ0v) is 17.2. The van der Waals surface area contributed by atoms with E-state index in [0.29, 0.717) is 25.9 Å². The van der Waals surface area contributed by atoms with E-state index in [1.165, 1.54) is 0 Å². The first-order valence-corrected chi connectivity index (χ1v) is 11.6. The fraction of sp³-hybridized carbons (Fsp3) is 0.409. The lowest BCUT2D eigenvalue weighted by Crippen LogP contribution is -2.52. The van der Waals surface area contributed by atoms with Gasteiger partial charge in [0.1, 0.15) is 0 Å². The van der Waals surface area contributed by atoms with Crippen LogP contribution in [-0.2, 0) is 14.8 Å². The Labute approximate surface area is 172 Å². The molecule has 2 aromatic rings. The van der Waals surface area contributed by atoms with E-state index in [2.05, 4.69) is 5.32 Å². The smallest absolute Gasteiger partial charge is 0.243 e. The Bertz CT molecular complexity index is 928. The molecule has 2 unspecified atom stereocenters. The third-order valence-corrected chi connectivity index (χ3v) is 7.74. The summed E-state index contributed by atoms with van der Waals surface area (Å²) in [5.74, 6) is -0.224. The van der Waals surface area contributed by atoms with Crippen molar-refractivity contribution in [1.82, 2.24) is 14.5 Å². The van der Waals surface area contributed by atoms with E-state index in [0.717, 1.165) is 18.7 Å². The first-order chi connectivity index (χ1) is 14.1. The molecule has 0 radical (unpaired) electrons. The summed E-state index contributed by atoms with van der Waals surface area (Å²) in [5.41, 5.74) is 0.972. The lowest BCUT2D eigenvalue weighted by atomic mass is 9.90. The minimum atomic E-state index is -3.71. The maximum atomic E-state index is 13.5. The predicted octanol–water partition coefficient (Wildman–Crippen LogP) is 2.26. The summed E-state index contributed by atoms with van der Waals surface area (Å²) in [6.45, 7) is 3.17. The van der Waals surface area contributed by atoms with Gasteiger partial charge >= 0.3 is 0 Å². The topological polar surface area (TPSA) is 69.7 Å². The van der Waals surface area contributed by atoms with Crippen molar-refractivity contribution in [2.45, 2.75) is 23.8 Å². The molecule has 0 bridgehead atoms. The first-order valence-electron chi connectivity index (χ1n) is 10.2. The van der Waals surface area contributed by atoms with Crippen LogP contribution in [0.2, 0.25) is 0 Å². The van der Waals surface area contributed by atoms with Crippen LogP contribution in [0.15, 0.2) is 65.6 Å². The van der Waals surface area contributed by atoms with Crippen LogP contribution in [0, 0.1) is 5.92 Å². The number of carbonyl (C=O) groups excluding carboxylic acids is 1. The van der Waals surface area contributed by atoms with Crippen LogP contribution in [0.25, 0.3) is 0 Å². The van der Waals surface area contributed by atoms with Crippen molar-refractivity contribution < 1.29 is 13.2 Å². The second-order valence-electron chi connectivity index (χ2n) is 7.66. The molecule has 2 aliphatic rings. The summed E-state index contributed by atoms with van der Waals surface area (Å²) in [4.78, 5) is 15.2. The molecule has 2 aliphatic heterocycles. The summed E-state index contributed by atoms with van der Waals surface area (Å²) in [6, 6.07) is 18.0. The Balaban J connectivity index is 1.64.